The van der Waals surface area contributed by atoms with Gasteiger partial charge in [-0.2, -0.15) is 0 Å². The van der Waals surface area contributed by atoms with Crippen LogP contribution in [0.5, 0.6) is 0 Å². The third-order valence-electron chi connectivity index (χ3n) is 4.84. The highest BCUT2D eigenvalue weighted by Crippen LogP contribution is 2.40. The summed E-state index contributed by atoms with van der Waals surface area (Å²) in [5.74, 6) is 0. The van der Waals surface area contributed by atoms with Gasteiger partial charge in [0.05, 0.1) is 12.2 Å². The zero-order valence-electron chi connectivity index (χ0n) is 14.2. The third-order valence-corrected chi connectivity index (χ3v) is 4.84. The highest BCUT2D eigenvalue weighted by atomic mass is 16.7. The number of hydrogen-bond acceptors (Lipinski definition) is 2. The van der Waals surface area contributed by atoms with Crippen LogP contribution in [-0.2, 0) is 33.1 Å². The third kappa shape index (κ3) is 2.64. The number of hydrogen-bond donors (Lipinski definition) is 0. The molecule has 0 radical (unpaired) electrons. The van der Waals surface area contributed by atoms with Gasteiger partial charge in [-0.05, 0) is 33.1 Å². The van der Waals surface area contributed by atoms with Gasteiger partial charge in [0, 0.05) is 12.8 Å². The van der Waals surface area contributed by atoms with Crippen LogP contribution < -0.4 is 0 Å². The minimum atomic E-state index is 0.173. The molecule has 0 spiro atoms. The van der Waals surface area contributed by atoms with Gasteiger partial charge in [0.15, 0.2) is 0 Å². The smallest absolute Gasteiger partial charge is 0.147 e. The normalized spacial score (nSPS) is 25.6. The minimum Gasteiger partial charge on any atom is -0.349 e. The molecular formula is C19H28O2. The van der Waals surface area contributed by atoms with E-state index in [2.05, 4.69) is 53.7 Å². The summed E-state index contributed by atoms with van der Waals surface area (Å²) in [6, 6.07) is 4.69. The Morgan fingerprint density at radius 3 is 1.48 bits per heavy atom. The lowest BCUT2D eigenvalue weighted by atomic mass is 9.71. The predicted molar refractivity (Wildman–Crippen MR) is 85.9 cm³/mol. The first kappa shape index (κ1) is 15.1. The maximum Gasteiger partial charge on any atom is 0.147 e. The van der Waals surface area contributed by atoms with E-state index >= 15 is 0 Å². The summed E-state index contributed by atoms with van der Waals surface area (Å²) in [6.45, 7) is 14.3. The van der Waals surface area contributed by atoms with Crippen molar-refractivity contribution in [2.45, 2.75) is 77.4 Å². The molecule has 0 aromatic heterocycles. The summed E-state index contributed by atoms with van der Waals surface area (Å²) in [5.41, 5.74) is 6.32. The minimum absolute atomic E-state index is 0.173. The van der Waals surface area contributed by atoms with E-state index in [1.165, 1.54) is 22.3 Å². The molecule has 1 saturated heterocycles. The maximum atomic E-state index is 5.78. The lowest BCUT2D eigenvalue weighted by Crippen LogP contribution is -2.36. The highest BCUT2D eigenvalue weighted by Gasteiger charge is 2.38. The lowest BCUT2D eigenvalue weighted by molar-refractivity contribution is 0.0399. The Kier molecular flexibility index (Phi) is 3.46. The number of benzene rings is 1. The maximum absolute atomic E-state index is 5.78. The fraction of sp³-hybridized carbons (Fsp3) is 0.684. The first-order chi connectivity index (χ1) is 9.68. The topological polar surface area (TPSA) is 18.5 Å². The Hall–Kier alpha value is -0.860. The van der Waals surface area contributed by atoms with Crippen molar-refractivity contribution in [1.29, 1.82) is 0 Å². The number of fused-ring (bicyclic) bond motifs is 2. The van der Waals surface area contributed by atoms with Crippen molar-refractivity contribution < 1.29 is 9.47 Å². The van der Waals surface area contributed by atoms with Crippen LogP contribution in [0.3, 0.4) is 0 Å². The molecule has 2 unspecified atom stereocenters. The van der Waals surface area contributed by atoms with Crippen molar-refractivity contribution in [3.63, 3.8) is 0 Å². The Labute approximate surface area is 128 Å². The van der Waals surface area contributed by atoms with E-state index in [9.17, 15) is 0 Å². The Bertz CT molecular complexity index is 497. The monoisotopic (exact) mass is 288 g/mol. The lowest BCUT2D eigenvalue weighted by Gasteiger charge is -2.36. The zero-order chi connectivity index (χ0) is 15.4. The molecule has 2 aliphatic rings. The molecule has 1 aromatic carbocycles. The molecule has 1 aliphatic carbocycles. The molecule has 1 aliphatic heterocycles. The Balaban J connectivity index is 2.16. The van der Waals surface area contributed by atoms with Crippen molar-refractivity contribution in [1.82, 2.24) is 0 Å². The first-order valence-electron chi connectivity index (χ1n) is 8.07. The molecule has 1 aromatic rings. The van der Waals surface area contributed by atoms with E-state index in [0.717, 1.165) is 12.8 Å². The fourth-order valence-corrected chi connectivity index (χ4v) is 3.78. The van der Waals surface area contributed by atoms with Crippen LogP contribution >= 0.6 is 0 Å². The second-order valence-electron chi connectivity index (χ2n) is 8.55. The summed E-state index contributed by atoms with van der Waals surface area (Å²) >= 11 is 0. The van der Waals surface area contributed by atoms with Gasteiger partial charge in [-0.25, -0.2) is 0 Å². The zero-order valence-corrected chi connectivity index (χ0v) is 14.2. The molecule has 21 heavy (non-hydrogen) atoms. The highest BCUT2D eigenvalue weighted by molar-refractivity contribution is 5.49. The van der Waals surface area contributed by atoms with Gasteiger partial charge >= 0.3 is 0 Å². The molecule has 2 atom stereocenters. The molecular weight excluding hydrogens is 260 g/mol. The molecule has 0 N–H and O–H groups in total. The summed E-state index contributed by atoms with van der Waals surface area (Å²) in [5, 5.41) is 0. The van der Waals surface area contributed by atoms with Gasteiger partial charge < -0.3 is 9.47 Å². The number of rotatable bonds is 0. The van der Waals surface area contributed by atoms with Gasteiger partial charge in [0.2, 0.25) is 0 Å². The summed E-state index contributed by atoms with van der Waals surface area (Å²) in [4.78, 5) is 0. The summed E-state index contributed by atoms with van der Waals surface area (Å²) in [6.07, 6.45) is 2.48. The number of ether oxygens (including phenoxy) is 2. The van der Waals surface area contributed by atoms with Crippen molar-refractivity contribution in [2.75, 3.05) is 6.79 Å². The van der Waals surface area contributed by atoms with Crippen LogP contribution in [0.15, 0.2) is 12.1 Å². The van der Waals surface area contributed by atoms with Crippen LogP contribution in [-0.4, -0.2) is 19.0 Å². The molecule has 2 nitrogen and oxygen atoms in total. The fourth-order valence-electron chi connectivity index (χ4n) is 3.78. The predicted octanol–water partition coefficient (Wildman–Crippen LogP) is 4.12. The van der Waals surface area contributed by atoms with Crippen LogP contribution in [0.4, 0.5) is 0 Å². The van der Waals surface area contributed by atoms with Crippen molar-refractivity contribution >= 4 is 0 Å². The molecule has 3 rings (SSSR count). The van der Waals surface area contributed by atoms with E-state index in [1.54, 1.807) is 0 Å². The van der Waals surface area contributed by atoms with Crippen molar-refractivity contribution in [2.24, 2.45) is 0 Å². The quantitative estimate of drug-likeness (QED) is 0.715. The van der Waals surface area contributed by atoms with Crippen LogP contribution in [0.1, 0.15) is 63.8 Å². The molecule has 1 heterocycles. The second kappa shape index (κ2) is 4.82. The van der Waals surface area contributed by atoms with Crippen LogP contribution in [0.2, 0.25) is 0 Å². The first-order valence-corrected chi connectivity index (χ1v) is 8.07. The Morgan fingerprint density at radius 2 is 1.14 bits per heavy atom. The average molecular weight is 288 g/mol. The van der Waals surface area contributed by atoms with Gasteiger partial charge in [-0.15, -0.1) is 0 Å². The average Bonchev–Trinajstić information content (AvgIpc) is 2.79. The van der Waals surface area contributed by atoms with Crippen LogP contribution in [0, 0.1) is 0 Å². The van der Waals surface area contributed by atoms with Crippen molar-refractivity contribution in [3.8, 4) is 0 Å². The molecule has 1 fully saturated rings. The Morgan fingerprint density at radius 1 is 0.762 bits per heavy atom. The molecule has 116 valence electrons. The van der Waals surface area contributed by atoms with Gasteiger partial charge in [-0.1, -0.05) is 53.7 Å². The van der Waals surface area contributed by atoms with E-state index < -0.39 is 0 Å². The van der Waals surface area contributed by atoms with Gasteiger partial charge in [0.25, 0.3) is 0 Å². The largest absolute Gasteiger partial charge is 0.349 e. The second-order valence-corrected chi connectivity index (χ2v) is 8.55. The molecule has 0 amide bonds. The van der Waals surface area contributed by atoms with E-state index in [0.29, 0.717) is 6.79 Å². The van der Waals surface area contributed by atoms with Crippen LogP contribution in [0.25, 0.3) is 0 Å². The van der Waals surface area contributed by atoms with Gasteiger partial charge in [0.1, 0.15) is 6.79 Å². The van der Waals surface area contributed by atoms with E-state index in [4.69, 9.17) is 9.47 Å². The molecule has 0 bridgehead atoms. The van der Waals surface area contributed by atoms with E-state index in [1.807, 2.05) is 0 Å². The SMILES string of the molecule is CC(C)(C)c1ccc(C(C)(C)C)c2c1CC1OCOC1C2. The van der Waals surface area contributed by atoms with Crippen molar-refractivity contribution in [3.05, 3.63) is 34.4 Å². The summed E-state index contributed by atoms with van der Waals surface area (Å²) < 4.78 is 11.6. The van der Waals surface area contributed by atoms with Gasteiger partial charge in [-0.3, -0.25) is 0 Å². The molecule has 2 heteroatoms. The summed E-state index contributed by atoms with van der Waals surface area (Å²) in [7, 11) is 0. The standard InChI is InChI=1S/C19H28O2/c1-18(2,3)14-7-8-15(19(4,5)6)13-10-17-16(9-12(13)14)20-11-21-17/h7-8,16-17H,9-11H2,1-6H3. The van der Waals surface area contributed by atoms with E-state index in [-0.39, 0.29) is 23.0 Å². The molecule has 0 saturated carbocycles.